The van der Waals surface area contributed by atoms with E-state index >= 15 is 0 Å². The van der Waals surface area contributed by atoms with Gasteiger partial charge in [-0.3, -0.25) is 0 Å². The first kappa shape index (κ1) is 13.3. The zero-order valence-electron chi connectivity index (χ0n) is 11.3. The second-order valence-corrected chi connectivity index (χ2v) is 6.56. The van der Waals surface area contributed by atoms with Crippen molar-refractivity contribution in [2.75, 3.05) is 37.6 Å². The van der Waals surface area contributed by atoms with Gasteiger partial charge >= 0.3 is 0 Å². The fourth-order valence-corrected chi connectivity index (χ4v) is 3.32. The van der Waals surface area contributed by atoms with E-state index in [9.17, 15) is 0 Å². The largest absolute Gasteiger partial charge is 0.341 e. The molecule has 0 amide bonds. The zero-order valence-corrected chi connectivity index (χ0v) is 12.8. The summed E-state index contributed by atoms with van der Waals surface area (Å²) in [4.78, 5) is 13.7. The number of anilines is 1. The van der Waals surface area contributed by atoms with Crippen LogP contribution < -0.4 is 4.90 Å². The molecule has 0 bridgehead atoms. The van der Waals surface area contributed by atoms with E-state index in [1.54, 1.807) is 0 Å². The van der Waals surface area contributed by atoms with Crippen LogP contribution in [0.5, 0.6) is 0 Å². The van der Waals surface area contributed by atoms with Gasteiger partial charge in [0.2, 0.25) is 5.95 Å². The summed E-state index contributed by atoms with van der Waals surface area (Å²) in [5.41, 5.74) is 0. The highest BCUT2D eigenvalue weighted by molar-refractivity contribution is 9.10. The van der Waals surface area contributed by atoms with Crippen molar-refractivity contribution in [3.63, 3.8) is 0 Å². The van der Waals surface area contributed by atoms with Crippen LogP contribution >= 0.6 is 15.9 Å². The second-order valence-electron chi connectivity index (χ2n) is 5.64. The Balaban J connectivity index is 1.50. The SMILES string of the molecule is Brc1cnc(N2CCC(CN3CCCC3)CC2)nc1. The highest BCUT2D eigenvalue weighted by atomic mass is 79.9. The molecular weight excluding hydrogens is 304 g/mol. The van der Waals surface area contributed by atoms with Gasteiger partial charge in [-0.25, -0.2) is 9.97 Å². The lowest BCUT2D eigenvalue weighted by atomic mass is 9.96. The van der Waals surface area contributed by atoms with Crippen LogP contribution in [0.2, 0.25) is 0 Å². The fraction of sp³-hybridized carbons (Fsp3) is 0.714. The van der Waals surface area contributed by atoms with E-state index in [0.717, 1.165) is 29.4 Å². The number of piperidine rings is 1. The van der Waals surface area contributed by atoms with Gasteiger partial charge in [0.1, 0.15) is 0 Å². The van der Waals surface area contributed by atoms with E-state index in [0.29, 0.717) is 0 Å². The number of aromatic nitrogens is 2. The van der Waals surface area contributed by atoms with Crippen LogP contribution in [0.1, 0.15) is 25.7 Å². The van der Waals surface area contributed by atoms with Crippen LogP contribution in [-0.2, 0) is 0 Å². The molecular formula is C14H21BrN4. The molecule has 4 nitrogen and oxygen atoms in total. The van der Waals surface area contributed by atoms with Gasteiger partial charge in [0.15, 0.2) is 0 Å². The summed E-state index contributed by atoms with van der Waals surface area (Å²) in [6.45, 7) is 6.13. The molecule has 104 valence electrons. The van der Waals surface area contributed by atoms with Crippen LogP contribution in [-0.4, -0.2) is 47.6 Å². The van der Waals surface area contributed by atoms with Gasteiger partial charge in [-0.15, -0.1) is 0 Å². The van der Waals surface area contributed by atoms with Crippen molar-refractivity contribution in [3.8, 4) is 0 Å². The number of hydrogen-bond donors (Lipinski definition) is 0. The molecule has 0 saturated carbocycles. The predicted molar refractivity (Wildman–Crippen MR) is 80.3 cm³/mol. The Morgan fingerprint density at radius 1 is 1.05 bits per heavy atom. The fourth-order valence-electron chi connectivity index (χ4n) is 3.11. The van der Waals surface area contributed by atoms with E-state index in [-0.39, 0.29) is 0 Å². The smallest absolute Gasteiger partial charge is 0.225 e. The maximum absolute atomic E-state index is 4.39. The highest BCUT2D eigenvalue weighted by Gasteiger charge is 2.23. The topological polar surface area (TPSA) is 32.3 Å². The maximum Gasteiger partial charge on any atom is 0.225 e. The van der Waals surface area contributed by atoms with Crippen LogP contribution in [0.15, 0.2) is 16.9 Å². The molecule has 2 aliphatic heterocycles. The number of hydrogen-bond acceptors (Lipinski definition) is 4. The van der Waals surface area contributed by atoms with Crippen molar-refractivity contribution in [1.29, 1.82) is 0 Å². The Bertz CT molecular complexity index is 394. The molecule has 2 fully saturated rings. The Kier molecular flexibility index (Phi) is 4.33. The monoisotopic (exact) mass is 324 g/mol. The lowest BCUT2D eigenvalue weighted by Gasteiger charge is -2.33. The number of halogens is 1. The van der Waals surface area contributed by atoms with E-state index in [2.05, 4.69) is 35.7 Å². The summed E-state index contributed by atoms with van der Waals surface area (Å²) < 4.78 is 0.945. The summed E-state index contributed by atoms with van der Waals surface area (Å²) in [6.07, 6.45) is 9.00. The molecule has 0 unspecified atom stereocenters. The van der Waals surface area contributed by atoms with Crippen LogP contribution in [0.25, 0.3) is 0 Å². The summed E-state index contributed by atoms with van der Waals surface area (Å²) in [5.74, 6) is 1.74. The molecule has 0 spiro atoms. The van der Waals surface area contributed by atoms with Crippen molar-refractivity contribution < 1.29 is 0 Å². The third-order valence-electron chi connectivity index (χ3n) is 4.22. The molecule has 0 N–H and O–H groups in total. The van der Waals surface area contributed by atoms with Gasteiger partial charge in [0.05, 0.1) is 4.47 Å². The Morgan fingerprint density at radius 2 is 1.68 bits per heavy atom. The van der Waals surface area contributed by atoms with E-state index < -0.39 is 0 Å². The van der Waals surface area contributed by atoms with Gasteiger partial charge in [-0.05, 0) is 60.6 Å². The lowest BCUT2D eigenvalue weighted by Crippen LogP contribution is -2.38. The average molecular weight is 325 g/mol. The van der Waals surface area contributed by atoms with E-state index in [1.807, 2.05) is 12.4 Å². The lowest BCUT2D eigenvalue weighted by molar-refractivity contribution is 0.249. The minimum Gasteiger partial charge on any atom is -0.341 e. The van der Waals surface area contributed by atoms with Crippen molar-refractivity contribution in [1.82, 2.24) is 14.9 Å². The molecule has 0 radical (unpaired) electrons. The summed E-state index contributed by atoms with van der Waals surface area (Å²) >= 11 is 3.38. The predicted octanol–water partition coefficient (Wildman–Crippen LogP) is 2.55. The van der Waals surface area contributed by atoms with E-state index in [4.69, 9.17) is 0 Å². The first-order valence-corrected chi connectivity index (χ1v) is 8.05. The molecule has 3 heterocycles. The highest BCUT2D eigenvalue weighted by Crippen LogP contribution is 2.23. The summed E-state index contributed by atoms with van der Waals surface area (Å²) in [6, 6.07) is 0. The number of rotatable bonds is 3. The van der Waals surface area contributed by atoms with Gasteiger partial charge in [-0.1, -0.05) is 0 Å². The van der Waals surface area contributed by atoms with Crippen molar-refractivity contribution in [2.24, 2.45) is 5.92 Å². The third kappa shape index (κ3) is 3.45. The van der Waals surface area contributed by atoms with Gasteiger partial charge in [0.25, 0.3) is 0 Å². The quantitative estimate of drug-likeness (QED) is 0.855. The molecule has 1 aromatic heterocycles. The minimum atomic E-state index is 0.866. The van der Waals surface area contributed by atoms with Crippen molar-refractivity contribution in [2.45, 2.75) is 25.7 Å². The molecule has 5 heteroatoms. The molecule has 2 saturated heterocycles. The van der Waals surface area contributed by atoms with Crippen molar-refractivity contribution >= 4 is 21.9 Å². The van der Waals surface area contributed by atoms with Gasteiger partial charge in [-0.2, -0.15) is 0 Å². The number of likely N-dealkylation sites (tertiary alicyclic amines) is 1. The molecule has 0 aliphatic carbocycles. The average Bonchev–Trinajstić information content (AvgIpc) is 2.94. The molecule has 0 atom stereocenters. The van der Waals surface area contributed by atoms with Crippen LogP contribution in [0.4, 0.5) is 5.95 Å². The number of nitrogens with zero attached hydrogens (tertiary/aromatic N) is 4. The van der Waals surface area contributed by atoms with Gasteiger partial charge in [0, 0.05) is 32.0 Å². The molecule has 1 aromatic rings. The minimum absolute atomic E-state index is 0.866. The third-order valence-corrected chi connectivity index (χ3v) is 4.63. The summed E-state index contributed by atoms with van der Waals surface area (Å²) in [5, 5.41) is 0. The van der Waals surface area contributed by atoms with E-state index in [1.165, 1.54) is 45.3 Å². The summed E-state index contributed by atoms with van der Waals surface area (Å²) in [7, 11) is 0. The molecule has 19 heavy (non-hydrogen) atoms. The van der Waals surface area contributed by atoms with Gasteiger partial charge < -0.3 is 9.80 Å². The standard InChI is InChI=1S/C14H21BrN4/c15-13-9-16-14(17-10-13)19-7-3-12(4-8-19)11-18-5-1-2-6-18/h9-10,12H,1-8,11H2. The molecule has 3 rings (SSSR count). The first-order chi connectivity index (χ1) is 9.31. The Hall–Kier alpha value is -0.680. The second kappa shape index (κ2) is 6.18. The van der Waals surface area contributed by atoms with Crippen LogP contribution in [0.3, 0.4) is 0 Å². The van der Waals surface area contributed by atoms with Crippen LogP contribution in [0, 0.1) is 5.92 Å². The maximum atomic E-state index is 4.39. The Morgan fingerprint density at radius 3 is 2.32 bits per heavy atom. The normalized spacial score (nSPS) is 22.1. The molecule has 2 aliphatic rings. The van der Waals surface area contributed by atoms with Crippen molar-refractivity contribution in [3.05, 3.63) is 16.9 Å². The molecule has 0 aromatic carbocycles. The zero-order chi connectivity index (χ0) is 13.1. The first-order valence-electron chi connectivity index (χ1n) is 7.26. The Labute approximate surface area is 123 Å².